The molecule has 3 aromatic rings. The highest BCUT2D eigenvalue weighted by molar-refractivity contribution is 5.49. The zero-order valence-electron chi connectivity index (χ0n) is 20.4. The summed E-state index contributed by atoms with van der Waals surface area (Å²) in [6.45, 7) is 9.34. The van der Waals surface area contributed by atoms with Crippen molar-refractivity contribution in [1.29, 1.82) is 0 Å². The van der Waals surface area contributed by atoms with Gasteiger partial charge in [0.05, 0.1) is 5.54 Å². The van der Waals surface area contributed by atoms with Crippen LogP contribution < -0.4 is 5.32 Å². The molecule has 3 rings (SSSR count). The molecule has 0 heterocycles. The average molecular weight is 428 g/mol. The number of rotatable bonds is 12. The van der Waals surface area contributed by atoms with Gasteiger partial charge in [0.1, 0.15) is 0 Å². The maximum atomic E-state index is 4.25. The fourth-order valence-electron chi connectivity index (χ4n) is 4.72. The molecule has 170 valence electrons. The summed E-state index contributed by atoms with van der Waals surface area (Å²) in [6.07, 6.45) is 6.20. The van der Waals surface area contributed by atoms with Gasteiger partial charge in [-0.05, 0) is 47.8 Å². The van der Waals surface area contributed by atoms with Crippen LogP contribution in [-0.2, 0) is 5.54 Å². The molecular weight excluding hydrogens is 386 g/mol. The van der Waals surface area contributed by atoms with Crippen molar-refractivity contribution in [3.05, 3.63) is 108 Å². The number of hydrogen-bond acceptors (Lipinski definition) is 1. The Labute approximate surface area is 196 Å². The lowest BCUT2D eigenvalue weighted by Crippen LogP contribution is -2.50. The van der Waals surface area contributed by atoms with Gasteiger partial charge in [-0.25, -0.2) is 0 Å². The second-order valence-electron chi connectivity index (χ2n) is 9.99. The largest absolute Gasteiger partial charge is 0.297 e. The maximum absolute atomic E-state index is 4.25. The van der Waals surface area contributed by atoms with E-state index in [0.717, 1.165) is 5.92 Å². The van der Waals surface area contributed by atoms with Crippen molar-refractivity contribution < 1.29 is 0 Å². The first-order valence-electron chi connectivity index (χ1n) is 12.5. The van der Waals surface area contributed by atoms with Gasteiger partial charge in [0.2, 0.25) is 0 Å². The molecule has 0 saturated heterocycles. The Hall–Kier alpha value is -2.38. The maximum Gasteiger partial charge on any atom is 0.0950 e. The predicted molar refractivity (Wildman–Crippen MR) is 139 cm³/mol. The van der Waals surface area contributed by atoms with E-state index in [2.05, 4.69) is 124 Å². The molecule has 1 heteroatoms. The molecule has 32 heavy (non-hydrogen) atoms. The minimum atomic E-state index is -0.372. The van der Waals surface area contributed by atoms with Crippen LogP contribution in [0.5, 0.6) is 0 Å². The van der Waals surface area contributed by atoms with Crippen molar-refractivity contribution in [2.75, 3.05) is 0 Å². The van der Waals surface area contributed by atoms with Gasteiger partial charge in [-0.15, -0.1) is 0 Å². The molecule has 0 aromatic heterocycles. The molecule has 0 aliphatic rings. The lowest BCUT2D eigenvalue weighted by molar-refractivity contribution is 0.327. The van der Waals surface area contributed by atoms with Crippen molar-refractivity contribution in [2.45, 2.75) is 71.4 Å². The van der Waals surface area contributed by atoms with E-state index >= 15 is 0 Å². The molecule has 1 atom stereocenters. The topological polar surface area (TPSA) is 12.0 Å². The molecule has 0 radical (unpaired) electrons. The monoisotopic (exact) mass is 427 g/mol. The van der Waals surface area contributed by atoms with E-state index in [4.69, 9.17) is 0 Å². The number of nitrogens with one attached hydrogen (secondary N) is 1. The van der Waals surface area contributed by atoms with Crippen molar-refractivity contribution in [3.63, 3.8) is 0 Å². The first-order chi connectivity index (χ1) is 15.5. The molecule has 0 fully saturated rings. The molecule has 0 saturated carbocycles. The Morgan fingerprint density at radius 1 is 0.531 bits per heavy atom. The van der Waals surface area contributed by atoms with Crippen molar-refractivity contribution in [3.8, 4) is 0 Å². The van der Waals surface area contributed by atoms with Gasteiger partial charge < -0.3 is 0 Å². The summed E-state index contributed by atoms with van der Waals surface area (Å²) in [4.78, 5) is 0. The van der Waals surface area contributed by atoms with E-state index in [1.54, 1.807) is 0 Å². The van der Waals surface area contributed by atoms with Crippen LogP contribution in [0.25, 0.3) is 0 Å². The molecule has 0 amide bonds. The van der Waals surface area contributed by atoms with Crippen LogP contribution in [0, 0.1) is 11.8 Å². The van der Waals surface area contributed by atoms with E-state index in [-0.39, 0.29) is 5.54 Å². The predicted octanol–water partition coefficient (Wildman–Crippen LogP) is 8.20. The SMILES string of the molecule is CC(C)CCCC(CCC(C)C)NC(c1ccccc1)(c1ccccc1)c1ccccc1. The van der Waals surface area contributed by atoms with Gasteiger partial charge in [0, 0.05) is 6.04 Å². The Morgan fingerprint density at radius 3 is 1.31 bits per heavy atom. The smallest absolute Gasteiger partial charge is 0.0950 e. The van der Waals surface area contributed by atoms with Gasteiger partial charge in [0.25, 0.3) is 0 Å². The standard InChI is InChI=1S/C31H41N/c1-25(2)15-14-22-30(24-23-26(3)4)32-31(27-16-8-5-9-17-27,28-18-10-6-11-19-28)29-20-12-7-13-21-29/h5-13,16-21,25-26,30,32H,14-15,22-24H2,1-4H3. The fraction of sp³-hybridized carbons (Fsp3) is 0.419. The van der Waals surface area contributed by atoms with Crippen LogP contribution >= 0.6 is 0 Å². The van der Waals surface area contributed by atoms with Crippen molar-refractivity contribution in [2.24, 2.45) is 11.8 Å². The van der Waals surface area contributed by atoms with E-state index in [9.17, 15) is 0 Å². The molecular formula is C31H41N. The van der Waals surface area contributed by atoms with Crippen molar-refractivity contribution in [1.82, 2.24) is 5.32 Å². The van der Waals surface area contributed by atoms with Crippen molar-refractivity contribution >= 4 is 0 Å². The first kappa shape index (κ1) is 24.3. The number of benzene rings is 3. The van der Waals surface area contributed by atoms with E-state index in [1.165, 1.54) is 48.8 Å². The fourth-order valence-corrected chi connectivity index (χ4v) is 4.72. The van der Waals surface area contributed by atoms with E-state index < -0.39 is 0 Å². The second kappa shape index (κ2) is 12.0. The molecule has 0 aliphatic carbocycles. The summed E-state index contributed by atoms with van der Waals surface area (Å²) >= 11 is 0. The number of hydrogen-bond donors (Lipinski definition) is 1. The van der Waals surface area contributed by atoms with Gasteiger partial charge in [-0.3, -0.25) is 5.32 Å². The molecule has 3 aromatic carbocycles. The summed E-state index contributed by atoms with van der Waals surface area (Å²) in [5.74, 6) is 1.46. The van der Waals surface area contributed by atoms with Crippen LogP contribution in [0.1, 0.15) is 76.5 Å². The third-order valence-corrected chi connectivity index (χ3v) is 6.47. The molecule has 0 spiro atoms. The zero-order valence-corrected chi connectivity index (χ0v) is 20.4. The Balaban J connectivity index is 2.09. The van der Waals surface area contributed by atoms with E-state index in [1.807, 2.05) is 0 Å². The third kappa shape index (κ3) is 6.33. The molecule has 0 bridgehead atoms. The summed E-state index contributed by atoms with van der Waals surface area (Å²) in [6, 6.07) is 33.5. The summed E-state index contributed by atoms with van der Waals surface area (Å²) < 4.78 is 0. The zero-order chi connectivity index (χ0) is 22.8. The first-order valence-corrected chi connectivity index (χ1v) is 12.5. The Bertz CT molecular complexity index is 787. The molecule has 1 unspecified atom stereocenters. The quantitative estimate of drug-likeness (QED) is 0.287. The highest BCUT2D eigenvalue weighted by Gasteiger charge is 2.37. The van der Waals surface area contributed by atoms with Crippen LogP contribution in [0.3, 0.4) is 0 Å². The van der Waals surface area contributed by atoms with Gasteiger partial charge in [0.15, 0.2) is 0 Å². The molecule has 1 nitrogen and oxygen atoms in total. The lowest BCUT2D eigenvalue weighted by Gasteiger charge is -2.40. The van der Waals surface area contributed by atoms with E-state index in [0.29, 0.717) is 12.0 Å². The Kier molecular flexibility index (Phi) is 9.11. The summed E-state index contributed by atoms with van der Waals surface area (Å²) in [7, 11) is 0. The van der Waals surface area contributed by atoms with Crippen LogP contribution in [0.4, 0.5) is 0 Å². The average Bonchev–Trinajstić information content (AvgIpc) is 2.82. The molecule has 0 aliphatic heterocycles. The highest BCUT2D eigenvalue weighted by Crippen LogP contribution is 2.38. The molecule has 1 N–H and O–H groups in total. The van der Waals surface area contributed by atoms with Gasteiger partial charge in [-0.2, -0.15) is 0 Å². The normalized spacial score (nSPS) is 12.9. The van der Waals surface area contributed by atoms with Gasteiger partial charge >= 0.3 is 0 Å². The lowest BCUT2D eigenvalue weighted by atomic mass is 9.76. The summed E-state index contributed by atoms with van der Waals surface area (Å²) in [5, 5.41) is 4.25. The van der Waals surface area contributed by atoms with Crippen LogP contribution in [0.15, 0.2) is 91.0 Å². The third-order valence-electron chi connectivity index (χ3n) is 6.47. The Morgan fingerprint density at radius 2 is 0.938 bits per heavy atom. The highest BCUT2D eigenvalue weighted by atomic mass is 15.0. The minimum Gasteiger partial charge on any atom is -0.297 e. The van der Waals surface area contributed by atoms with Gasteiger partial charge in [-0.1, -0.05) is 132 Å². The minimum absolute atomic E-state index is 0.372. The summed E-state index contributed by atoms with van der Waals surface area (Å²) in [5.41, 5.74) is 3.53. The van der Waals surface area contributed by atoms with Crippen LogP contribution in [-0.4, -0.2) is 6.04 Å². The second-order valence-corrected chi connectivity index (χ2v) is 9.99. The van der Waals surface area contributed by atoms with Crippen LogP contribution in [0.2, 0.25) is 0 Å².